The van der Waals surface area contributed by atoms with E-state index in [0.29, 0.717) is 25.1 Å². The molecule has 2 aromatic rings. The third kappa shape index (κ3) is 2.65. The minimum absolute atomic E-state index is 0.0773. The molecular weight excluding hydrogens is 366 g/mol. The Morgan fingerprint density at radius 2 is 1.79 bits per heavy atom. The van der Waals surface area contributed by atoms with Crippen LogP contribution in [0.15, 0.2) is 42.5 Å². The van der Waals surface area contributed by atoms with E-state index in [1.165, 1.54) is 4.90 Å². The van der Waals surface area contributed by atoms with Gasteiger partial charge in [-0.3, -0.25) is 9.59 Å². The lowest BCUT2D eigenvalue weighted by atomic mass is 9.91. The first-order valence-corrected chi connectivity index (χ1v) is 10.2. The highest BCUT2D eigenvalue weighted by molar-refractivity contribution is 6.25. The number of urea groups is 1. The second kappa shape index (κ2) is 6.05. The molecule has 2 aromatic carbocycles. The fourth-order valence-corrected chi connectivity index (χ4v) is 5.12. The van der Waals surface area contributed by atoms with Gasteiger partial charge in [-0.05, 0) is 23.3 Å². The molecule has 0 N–H and O–H groups in total. The van der Waals surface area contributed by atoms with Gasteiger partial charge in [0.1, 0.15) is 6.04 Å². The standard InChI is InChI=1S/C23H25N3O3/c1-23(2,3)12-19(27)24-13-15-11-18(24)20-21(28)26(22(29)25(15)20)17-10-6-8-14-7-4-5-9-16(14)17/h4-10,15,18,20H,11-13H2,1-3H3/t15-,18?,20+/m1/s1. The van der Waals surface area contributed by atoms with Crippen LogP contribution in [0, 0.1) is 5.41 Å². The molecule has 4 amide bonds. The number of benzene rings is 2. The topological polar surface area (TPSA) is 60.9 Å². The lowest BCUT2D eigenvalue weighted by molar-refractivity contribution is -0.137. The van der Waals surface area contributed by atoms with Gasteiger partial charge in [0.2, 0.25) is 5.91 Å². The molecule has 0 spiro atoms. The molecule has 2 bridgehead atoms. The highest BCUT2D eigenvalue weighted by Gasteiger charge is 2.62. The Morgan fingerprint density at radius 1 is 1.07 bits per heavy atom. The second-order valence-corrected chi connectivity index (χ2v) is 9.55. The summed E-state index contributed by atoms with van der Waals surface area (Å²) in [6.45, 7) is 6.65. The Labute approximate surface area is 170 Å². The normalized spacial score (nSPS) is 26.0. The van der Waals surface area contributed by atoms with Crippen molar-refractivity contribution in [1.29, 1.82) is 0 Å². The molecule has 3 saturated heterocycles. The van der Waals surface area contributed by atoms with E-state index < -0.39 is 6.04 Å². The van der Waals surface area contributed by atoms with Gasteiger partial charge in [0.25, 0.3) is 5.91 Å². The molecule has 150 valence electrons. The molecular formula is C23H25N3O3. The summed E-state index contributed by atoms with van der Waals surface area (Å²) in [4.78, 5) is 44.4. The summed E-state index contributed by atoms with van der Waals surface area (Å²) in [5.74, 6) is -0.138. The van der Waals surface area contributed by atoms with E-state index in [1.807, 2.05) is 68.1 Å². The SMILES string of the molecule is CC(C)(C)CC(=O)N1C[C@H]2CC1[C@H]1C(=O)N(c3cccc4ccccc34)C(=O)N21. The largest absolute Gasteiger partial charge is 0.335 e. The maximum Gasteiger partial charge on any atom is 0.332 e. The van der Waals surface area contributed by atoms with E-state index in [4.69, 9.17) is 0 Å². The van der Waals surface area contributed by atoms with Gasteiger partial charge in [-0.15, -0.1) is 0 Å². The second-order valence-electron chi connectivity index (χ2n) is 9.55. The van der Waals surface area contributed by atoms with Crippen LogP contribution in [0.25, 0.3) is 10.8 Å². The van der Waals surface area contributed by atoms with Crippen molar-refractivity contribution in [1.82, 2.24) is 9.80 Å². The number of piperazine rings is 1. The lowest BCUT2D eigenvalue weighted by Crippen LogP contribution is -2.55. The highest BCUT2D eigenvalue weighted by atomic mass is 16.2. The maximum atomic E-state index is 13.4. The Hall–Kier alpha value is -2.89. The third-order valence-corrected chi connectivity index (χ3v) is 6.27. The van der Waals surface area contributed by atoms with Crippen LogP contribution in [0.2, 0.25) is 0 Å². The quantitative estimate of drug-likeness (QED) is 0.737. The first kappa shape index (κ1) is 18.2. The number of fused-ring (bicyclic) bond motifs is 6. The number of hydrogen-bond donors (Lipinski definition) is 0. The van der Waals surface area contributed by atoms with Gasteiger partial charge in [-0.2, -0.15) is 0 Å². The predicted molar refractivity (Wildman–Crippen MR) is 110 cm³/mol. The zero-order chi connectivity index (χ0) is 20.5. The van der Waals surface area contributed by atoms with E-state index >= 15 is 0 Å². The van der Waals surface area contributed by atoms with Crippen LogP contribution in [0.4, 0.5) is 10.5 Å². The van der Waals surface area contributed by atoms with Crippen molar-refractivity contribution in [2.75, 3.05) is 11.4 Å². The number of anilines is 1. The maximum absolute atomic E-state index is 13.4. The van der Waals surface area contributed by atoms with Crippen molar-refractivity contribution in [3.63, 3.8) is 0 Å². The molecule has 0 saturated carbocycles. The van der Waals surface area contributed by atoms with E-state index in [0.717, 1.165) is 10.8 Å². The molecule has 0 aliphatic carbocycles. The van der Waals surface area contributed by atoms with Crippen LogP contribution in [0.5, 0.6) is 0 Å². The smallest absolute Gasteiger partial charge is 0.332 e. The number of carbonyl (C=O) groups excluding carboxylic acids is 3. The van der Waals surface area contributed by atoms with Crippen molar-refractivity contribution in [3.8, 4) is 0 Å². The van der Waals surface area contributed by atoms with E-state index in [-0.39, 0.29) is 35.3 Å². The van der Waals surface area contributed by atoms with Crippen molar-refractivity contribution in [3.05, 3.63) is 42.5 Å². The Morgan fingerprint density at radius 3 is 2.55 bits per heavy atom. The summed E-state index contributed by atoms with van der Waals surface area (Å²) in [6.07, 6.45) is 1.14. The molecule has 29 heavy (non-hydrogen) atoms. The minimum atomic E-state index is -0.566. The van der Waals surface area contributed by atoms with E-state index in [9.17, 15) is 14.4 Å². The average molecular weight is 391 g/mol. The van der Waals surface area contributed by atoms with Crippen LogP contribution in [0.1, 0.15) is 33.6 Å². The molecule has 6 nitrogen and oxygen atoms in total. The number of imide groups is 1. The molecule has 6 heteroatoms. The van der Waals surface area contributed by atoms with Gasteiger partial charge >= 0.3 is 6.03 Å². The summed E-state index contributed by atoms with van der Waals surface area (Å²) >= 11 is 0. The van der Waals surface area contributed by atoms with Crippen molar-refractivity contribution in [2.45, 2.75) is 51.7 Å². The molecule has 3 aliphatic rings. The number of likely N-dealkylation sites (tertiary alicyclic amines) is 1. The fraction of sp³-hybridized carbons (Fsp3) is 0.435. The van der Waals surface area contributed by atoms with Crippen molar-refractivity contribution >= 4 is 34.3 Å². The predicted octanol–water partition coefficient (Wildman–Crippen LogP) is 3.40. The number of hydrogen-bond acceptors (Lipinski definition) is 3. The number of rotatable bonds is 2. The van der Waals surface area contributed by atoms with Gasteiger partial charge in [-0.1, -0.05) is 57.2 Å². The monoisotopic (exact) mass is 391 g/mol. The summed E-state index contributed by atoms with van der Waals surface area (Å²) in [6, 6.07) is 12.3. The van der Waals surface area contributed by atoms with E-state index in [2.05, 4.69) is 0 Å². The summed E-state index contributed by atoms with van der Waals surface area (Å²) < 4.78 is 0. The molecule has 3 atom stereocenters. The van der Waals surface area contributed by atoms with Gasteiger partial charge in [0, 0.05) is 18.4 Å². The van der Waals surface area contributed by atoms with Gasteiger partial charge in [-0.25, -0.2) is 9.69 Å². The number of amides is 4. The lowest BCUT2D eigenvalue weighted by Gasteiger charge is -2.36. The first-order chi connectivity index (χ1) is 13.8. The summed E-state index contributed by atoms with van der Waals surface area (Å²) in [5.41, 5.74) is 0.516. The van der Waals surface area contributed by atoms with E-state index in [1.54, 1.807) is 4.90 Å². The van der Waals surface area contributed by atoms with Crippen LogP contribution in [0.3, 0.4) is 0 Å². The first-order valence-electron chi connectivity index (χ1n) is 10.2. The van der Waals surface area contributed by atoms with Crippen molar-refractivity contribution < 1.29 is 14.4 Å². The number of nitrogens with zero attached hydrogens (tertiary/aromatic N) is 3. The average Bonchev–Trinajstić information content (AvgIpc) is 3.32. The zero-order valence-electron chi connectivity index (χ0n) is 17.0. The van der Waals surface area contributed by atoms with Crippen LogP contribution in [-0.2, 0) is 9.59 Å². The third-order valence-electron chi connectivity index (χ3n) is 6.27. The van der Waals surface area contributed by atoms with Gasteiger partial charge in [0.15, 0.2) is 0 Å². The Kier molecular flexibility index (Phi) is 3.79. The van der Waals surface area contributed by atoms with Crippen LogP contribution in [-0.4, -0.2) is 52.3 Å². The summed E-state index contributed by atoms with van der Waals surface area (Å²) in [5, 5.41) is 1.87. The summed E-state index contributed by atoms with van der Waals surface area (Å²) in [7, 11) is 0. The molecule has 0 aromatic heterocycles. The Balaban J connectivity index is 1.48. The van der Waals surface area contributed by atoms with Gasteiger partial charge in [0.05, 0.1) is 17.8 Å². The molecule has 3 fully saturated rings. The molecule has 5 rings (SSSR count). The molecule has 1 unspecified atom stereocenters. The zero-order valence-corrected chi connectivity index (χ0v) is 17.0. The molecule has 3 heterocycles. The van der Waals surface area contributed by atoms with Crippen LogP contribution < -0.4 is 4.90 Å². The number of carbonyl (C=O) groups is 3. The van der Waals surface area contributed by atoms with Gasteiger partial charge < -0.3 is 9.80 Å². The fourth-order valence-electron chi connectivity index (χ4n) is 5.12. The minimum Gasteiger partial charge on any atom is -0.335 e. The Bertz CT molecular complexity index is 1040. The van der Waals surface area contributed by atoms with Crippen LogP contribution >= 0.6 is 0 Å². The highest BCUT2D eigenvalue weighted by Crippen LogP contribution is 2.44. The molecule has 0 radical (unpaired) electrons. The van der Waals surface area contributed by atoms with Crippen molar-refractivity contribution in [2.24, 2.45) is 5.41 Å². The molecule has 3 aliphatic heterocycles.